The molecule has 3 heterocycles. The number of aromatic amines is 1. The van der Waals surface area contributed by atoms with Gasteiger partial charge in [0, 0.05) is 19.2 Å². The minimum absolute atomic E-state index is 0.00938. The van der Waals surface area contributed by atoms with E-state index in [1.807, 2.05) is 0 Å². The molecule has 9 heteroatoms. The Kier molecular flexibility index (Phi) is 3.86. The van der Waals surface area contributed by atoms with Crippen LogP contribution in [0.25, 0.3) is 0 Å². The molecule has 0 bridgehead atoms. The number of carbonyl (C=O) groups is 1. The monoisotopic (exact) mass is 326 g/mol. The van der Waals surface area contributed by atoms with Crippen molar-refractivity contribution in [3.8, 4) is 0 Å². The van der Waals surface area contributed by atoms with Crippen LogP contribution in [0.5, 0.6) is 0 Å². The average molecular weight is 326 g/mol. The molecular formula is C14H18N2O7. The summed E-state index contributed by atoms with van der Waals surface area (Å²) in [6.45, 7) is 4.79. The highest BCUT2D eigenvalue weighted by Crippen LogP contribution is 2.42. The molecule has 0 amide bonds. The SMILES string of the molecule is CC(=O)OCC1OC(n2ccc(=O)[nH]c2=O)C2OC(C)(C)OC12. The van der Waals surface area contributed by atoms with Gasteiger partial charge >= 0.3 is 11.7 Å². The van der Waals surface area contributed by atoms with E-state index in [2.05, 4.69) is 4.98 Å². The number of aromatic nitrogens is 2. The number of hydrogen-bond acceptors (Lipinski definition) is 7. The largest absolute Gasteiger partial charge is 0.463 e. The number of rotatable bonds is 3. The maximum Gasteiger partial charge on any atom is 0.330 e. The summed E-state index contributed by atoms with van der Waals surface area (Å²) in [5.74, 6) is -1.29. The summed E-state index contributed by atoms with van der Waals surface area (Å²) >= 11 is 0. The summed E-state index contributed by atoms with van der Waals surface area (Å²) in [6.07, 6.45) is -1.07. The van der Waals surface area contributed by atoms with Crippen LogP contribution in [0, 0.1) is 0 Å². The second-order valence-electron chi connectivity index (χ2n) is 5.95. The van der Waals surface area contributed by atoms with Gasteiger partial charge in [0.2, 0.25) is 0 Å². The number of carbonyl (C=O) groups excluding carboxylic acids is 1. The van der Waals surface area contributed by atoms with E-state index in [9.17, 15) is 14.4 Å². The number of fused-ring (bicyclic) bond motifs is 1. The molecule has 23 heavy (non-hydrogen) atoms. The number of esters is 1. The highest BCUT2D eigenvalue weighted by Gasteiger charge is 2.56. The molecule has 2 saturated heterocycles. The molecular weight excluding hydrogens is 308 g/mol. The lowest BCUT2D eigenvalue weighted by Gasteiger charge is -2.24. The van der Waals surface area contributed by atoms with E-state index < -0.39 is 47.5 Å². The normalized spacial score (nSPS) is 31.8. The molecule has 2 aliphatic heterocycles. The van der Waals surface area contributed by atoms with Gasteiger partial charge in [0.15, 0.2) is 12.0 Å². The third-order valence-corrected chi connectivity index (χ3v) is 3.70. The van der Waals surface area contributed by atoms with Crippen molar-refractivity contribution in [1.29, 1.82) is 0 Å². The van der Waals surface area contributed by atoms with E-state index in [1.165, 1.54) is 23.8 Å². The Hall–Kier alpha value is -1.97. The fourth-order valence-corrected chi connectivity index (χ4v) is 2.84. The first-order chi connectivity index (χ1) is 10.8. The van der Waals surface area contributed by atoms with E-state index in [-0.39, 0.29) is 6.61 Å². The number of hydrogen-bond donors (Lipinski definition) is 1. The van der Waals surface area contributed by atoms with Gasteiger partial charge in [0.05, 0.1) is 0 Å². The molecule has 0 spiro atoms. The zero-order chi connectivity index (χ0) is 16.8. The summed E-state index contributed by atoms with van der Waals surface area (Å²) in [6, 6.07) is 1.22. The van der Waals surface area contributed by atoms with E-state index >= 15 is 0 Å². The van der Waals surface area contributed by atoms with Crippen molar-refractivity contribution in [2.75, 3.05) is 6.61 Å². The Morgan fingerprint density at radius 3 is 2.70 bits per heavy atom. The molecule has 126 valence electrons. The number of ether oxygens (including phenoxy) is 4. The van der Waals surface area contributed by atoms with Crippen molar-refractivity contribution in [3.05, 3.63) is 33.1 Å². The van der Waals surface area contributed by atoms with Crippen LogP contribution in [0.4, 0.5) is 0 Å². The summed E-state index contributed by atoms with van der Waals surface area (Å²) in [5, 5.41) is 0. The highest BCUT2D eigenvalue weighted by molar-refractivity contribution is 5.65. The van der Waals surface area contributed by atoms with Crippen LogP contribution in [0.1, 0.15) is 27.0 Å². The minimum Gasteiger partial charge on any atom is -0.463 e. The molecule has 9 nitrogen and oxygen atoms in total. The second-order valence-corrected chi connectivity index (χ2v) is 5.95. The van der Waals surface area contributed by atoms with Crippen molar-refractivity contribution in [2.45, 2.75) is 51.1 Å². The van der Waals surface area contributed by atoms with Gasteiger partial charge < -0.3 is 18.9 Å². The van der Waals surface area contributed by atoms with Gasteiger partial charge in [-0.05, 0) is 13.8 Å². The van der Waals surface area contributed by atoms with Crippen molar-refractivity contribution < 1.29 is 23.7 Å². The lowest BCUT2D eigenvalue weighted by molar-refractivity contribution is -0.202. The van der Waals surface area contributed by atoms with Gasteiger partial charge in [-0.2, -0.15) is 0 Å². The Balaban J connectivity index is 1.90. The van der Waals surface area contributed by atoms with Crippen LogP contribution in [0.2, 0.25) is 0 Å². The van der Waals surface area contributed by atoms with Gasteiger partial charge in [-0.3, -0.25) is 19.1 Å². The zero-order valence-corrected chi connectivity index (χ0v) is 13.0. The van der Waals surface area contributed by atoms with Gasteiger partial charge in [-0.1, -0.05) is 0 Å². The van der Waals surface area contributed by atoms with E-state index in [4.69, 9.17) is 18.9 Å². The molecule has 1 N–H and O–H groups in total. The topological polar surface area (TPSA) is 109 Å². The number of nitrogens with one attached hydrogen (secondary N) is 1. The van der Waals surface area contributed by atoms with Crippen LogP contribution in [0.3, 0.4) is 0 Å². The van der Waals surface area contributed by atoms with Crippen molar-refractivity contribution in [3.63, 3.8) is 0 Å². The molecule has 4 atom stereocenters. The molecule has 0 aromatic carbocycles. The van der Waals surface area contributed by atoms with Crippen LogP contribution < -0.4 is 11.2 Å². The first-order valence-electron chi connectivity index (χ1n) is 7.23. The van der Waals surface area contributed by atoms with Crippen LogP contribution >= 0.6 is 0 Å². The average Bonchev–Trinajstić information content (AvgIpc) is 2.90. The minimum atomic E-state index is -0.850. The Labute approximate surface area is 131 Å². The van der Waals surface area contributed by atoms with E-state index in [0.717, 1.165) is 0 Å². The number of nitrogens with zero attached hydrogens (tertiary/aromatic N) is 1. The third kappa shape index (κ3) is 3.07. The standard InChI is InChI=1S/C14H18N2O7/c1-7(17)20-6-8-10-11(23-14(2,3)22-10)12(21-8)16-5-4-9(18)15-13(16)19/h4-5,8,10-12H,6H2,1-3H3,(H,15,18,19). The molecule has 0 aliphatic carbocycles. The lowest BCUT2D eigenvalue weighted by Crippen LogP contribution is -2.37. The molecule has 2 aliphatic rings. The maximum absolute atomic E-state index is 12.0. The molecule has 2 fully saturated rings. The Morgan fingerprint density at radius 1 is 1.35 bits per heavy atom. The molecule has 1 aromatic rings. The first-order valence-corrected chi connectivity index (χ1v) is 7.23. The highest BCUT2D eigenvalue weighted by atomic mass is 16.8. The molecule has 3 rings (SSSR count). The maximum atomic E-state index is 12.0. The third-order valence-electron chi connectivity index (χ3n) is 3.70. The summed E-state index contributed by atoms with van der Waals surface area (Å²) in [7, 11) is 0. The van der Waals surface area contributed by atoms with Crippen molar-refractivity contribution in [2.24, 2.45) is 0 Å². The van der Waals surface area contributed by atoms with Gasteiger partial charge in [0.25, 0.3) is 5.56 Å². The zero-order valence-electron chi connectivity index (χ0n) is 13.0. The van der Waals surface area contributed by atoms with Crippen molar-refractivity contribution in [1.82, 2.24) is 9.55 Å². The van der Waals surface area contributed by atoms with Gasteiger partial charge in [0.1, 0.15) is 24.9 Å². The quantitative estimate of drug-likeness (QED) is 0.747. The van der Waals surface area contributed by atoms with Crippen LogP contribution in [0.15, 0.2) is 21.9 Å². The van der Waals surface area contributed by atoms with Crippen LogP contribution in [-0.2, 0) is 23.7 Å². The summed E-state index contributed by atoms with van der Waals surface area (Å²) < 4.78 is 23.6. The van der Waals surface area contributed by atoms with Gasteiger partial charge in [-0.15, -0.1) is 0 Å². The predicted octanol–water partition coefficient (Wildman–Crippen LogP) is -0.483. The predicted molar refractivity (Wildman–Crippen MR) is 75.7 cm³/mol. The second kappa shape index (κ2) is 5.59. The summed E-state index contributed by atoms with van der Waals surface area (Å²) in [4.78, 5) is 36.4. The lowest BCUT2D eigenvalue weighted by atomic mass is 10.1. The van der Waals surface area contributed by atoms with E-state index in [1.54, 1.807) is 13.8 Å². The van der Waals surface area contributed by atoms with E-state index in [0.29, 0.717) is 0 Å². The van der Waals surface area contributed by atoms with Crippen molar-refractivity contribution >= 4 is 5.97 Å². The van der Waals surface area contributed by atoms with Gasteiger partial charge in [-0.25, -0.2) is 4.79 Å². The summed E-state index contributed by atoms with van der Waals surface area (Å²) in [5.41, 5.74) is -1.11. The molecule has 4 unspecified atom stereocenters. The molecule has 0 radical (unpaired) electrons. The first kappa shape index (κ1) is 15.9. The fraction of sp³-hybridized carbons (Fsp3) is 0.643. The molecule has 1 aromatic heterocycles. The Morgan fingerprint density at radius 2 is 2.04 bits per heavy atom. The Bertz CT molecular complexity index is 722. The number of H-pyrrole nitrogens is 1. The van der Waals surface area contributed by atoms with Crippen LogP contribution in [-0.4, -0.2) is 46.2 Å². The smallest absolute Gasteiger partial charge is 0.330 e. The fourth-order valence-electron chi connectivity index (χ4n) is 2.84. The molecule has 0 saturated carbocycles.